The molecule has 4 nitrogen and oxygen atoms in total. The highest BCUT2D eigenvalue weighted by Crippen LogP contribution is 2.17. The van der Waals surface area contributed by atoms with E-state index in [1.165, 1.54) is 17.4 Å². The third kappa shape index (κ3) is 3.80. The molecule has 0 spiro atoms. The second-order valence-electron chi connectivity index (χ2n) is 4.27. The lowest BCUT2D eigenvalue weighted by atomic mass is 10.1. The van der Waals surface area contributed by atoms with Crippen molar-refractivity contribution < 1.29 is 14.7 Å². The number of aryl methyl sites for hydroxylation is 1. The minimum absolute atomic E-state index is 0.176. The van der Waals surface area contributed by atoms with Crippen LogP contribution in [0, 0.1) is 6.92 Å². The highest BCUT2D eigenvalue weighted by Gasteiger charge is 2.06. The number of rotatable bonds is 4. The number of hydrogen-bond acceptors (Lipinski definition) is 3. The van der Waals surface area contributed by atoms with Gasteiger partial charge in [-0.1, -0.05) is 6.07 Å². The number of carbonyl (C=O) groups is 2. The summed E-state index contributed by atoms with van der Waals surface area (Å²) in [5, 5.41) is 15.0. The maximum absolute atomic E-state index is 11.9. The summed E-state index contributed by atoms with van der Waals surface area (Å²) in [6.45, 7) is 1.89. The van der Waals surface area contributed by atoms with Crippen LogP contribution in [0.2, 0.25) is 0 Å². The SMILES string of the molecule is Cc1cc(/C=C/C(=O)O)cc(NC(=O)c2ccsc2)c1. The standard InChI is InChI=1S/C15H13NO3S/c1-10-6-11(2-3-14(17)18)8-13(7-10)16-15(19)12-4-5-20-9-12/h2-9H,1H3,(H,16,19)(H,17,18)/b3-2+. The van der Waals surface area contributed by atoms with Gasteiger partial charge in [0, 0.05) is 17.1 Å². The Kier molecular flexibility index (Phi) is 4.32. The fourth-order valence-electron chi connectivity index (χ4n) is 1.75. The van der Waals surface area contributed by atoms with Gasteiger partial charge in [0.15, 0.2) is 0 Å². The van der Waals surface area contributed by atoms with Gasteiger partial charge in [0.1, 0.15) is 0 Å². The number of benzene rings is 1. The summed E-state index contributed by atoms with van der Waals surface area (Å²) >= 11 is 1.46. The number of carboxylic acid groups (broad SMARTS) is 1. The molecule has 5 heteroatoms. The van der Waals surface area contributed by atoms with Crippen molar-refractivity contribution in [2.75, 3.05) is 5.32 Å². The Bertz CT molecular complexity index is 660. The van der Waals surface area contributed by atoms with Gasteiger partial charge in [0.2, 0.25) is 0 Å². The van der Waals surface area contributed by atoms with Crippen LogP contribution < -0.4 is 5.32 Å². The van der Waals surface area contributed by atoms with Crippen LogP contribution in [0.1, 0.15) is 21.5 Å². The summed E-state index contributed by atoms with van der Waals surface area (Å²) in [5.41, 5.74) is 2.93. The van der Waals surface area contributed by atoms with Crippen molar-refractivity contribution in [1.82, 2.24) is 0 Å². The molecule has 0 saturated heterocycles. The maximum atomic E-state index is 11.9. The summed E-state index contributed by atoms with van der Waals surface area (Å²) in [4.78, 5) is 22.5. The van der Waals surface area contributed by atoms with Crippen LogP contribution in [0.15, 0.2) is 41.1 Å². The lowest BCUT2D eigenvalue weighted by molar-refractivity contribution is -0.131. The van der Waals surface area contributed by atoms with Crippen LogP contribution in [-0.2, 0) is 4.79 Å². The fraction of sp³-hybridized carbons (Fsp3) is 0.0667. The van der Waals surface area contributed by atoms with E-state index in [1.807, 2.05) is 24.4 Å². The second kappa shape index (κ2) is 6.16. The first-order chi connectivity index (χ1) is 9.54. The molecule has 2 rings (SSSR count). The first-order valence-electron chi connectivity index (χ1n) is 5.91. The lowest BCUT2D eigenvalue weighted by Gasteiger charge is -2.06. The van der Waals surface area contributed by atoms with Gasteiger partial charge in [-0.2, -0.15) is 11.3 Å². The van der Waals surface area contributed by atoms with Gasteiger partial charge in [-0.3, -0.25) is 4.79 Å². The summed E-state index contributed by atoms with van der Waals surface area (Å²) in [7, 11) is 0. The Balaban J connectivity index is 2.20. The van der Waals surface area contributed by atoms with Crippen molar-refractivity contribution in [1.29, 1.82) is 0 Å². The number of anilines is 1. The molecular weight excluding hydrogens is 274 g/mol. The maximum Gasteiger partial charge on any atom is 0.328 e. The van der Waals surface area contributed by atoms with E-state index in [-0.39, 0.29) is 5.91 Å². The molecule has 0 aliphatic carbocycles. The summed E-state index contributed by atoms with van der Waals surface area (Å²) in [6.07, 6.45) is 2.56. The van der Waals surface area contributed by atoms with Crippen LogP contribution >= 0.6 is 11.3 Å². The molecule has 1 aromatic carbocycles. The van der Waals surface area contributed by atoms with Crippen LogP contribution in [-0.4, -0.2) is 17.0 Å². The Hall–Kier alpha value is -2.40. The van der Waals surface area contributed by atoms with Crippen molar-refractivity contribution in [2.45, 2.75) is 6.92 Å². The summed E-state index contributed by atoms with van der Waals surface area (Å²) < 4.78 is 0. The van der Waals surface area contributed by atoms with Gasteiger partial charge in [-0.15, -0.1) is 0 Å². The Labute approximate surface area is 120 Å². The zero-order valence-corrected chi connectivity index (χ0v) is 11.6. The highest BCUT2D eigenvalue weighted by molar-refractivity contribution is 7.08. The molecule has 0 atom stereocenters. The number of amides is 1. The first-order valence-corrected chi connectivity index (χ1v) is 6.85. The minimum atomic E-state index is -1.00. The molecule has 2 N–H and O–H groups in total. The Morgan fingerprint density at radius 2 is 2.10 bits per heavy atom. The van der Waals surface area contributed by atoms with Crippen LogP contribution in [0.5, 0.6) is 0 Å². The van der Waals surface area contributed by atoms with Crippen molar-refractivity contribution in [3.63, 3.8) is 0 Å². The zero-order chi connectivity index (χ0) is 14.5. The number of aliphatic carboxylic acids is 1. The van der Waals surface area contributed by atoms with Gasteiger partial charge >= 0.3 is 5.97 Å². The molecule has 0 aliphatic rings. The molecule has 1 amide bonds. The van der Waals surface area contributed by atoms with Crippen molar-refractivity contribution >= 4 is 35.0 Å². The minimum Gasteiger partial charge on any atom is -0.478 e. The topological polar surface area (TPSA) is 66.4 Å². The number of carboxylic acids is 1. The van der Waals surface area contributed by atoms with Crippen molar-refractivity contribution in [3.8, 4) is 0 Å². The molecule has 20 heavy (non-hydrogen) atoms. The van der Waals surface area contributed by atoms with E-state index in [0.29, 0.717) is 11.3 Å². The van der Waals surface area contributed by atoms with Gasteiger partial charge in [0.05, 0.1) is 5.56 Å². The smallest absolute Gasteiger partial charge is 0.328 e. The predicted molar refractivity (Wildman–Crippen MR) is 80.1 cm³/mol. The molecule has 0 fully saturated rings. The fourth-order valence-corrected chi connectivity index (χ4v) is 2.38. The molecule has 0 unspecified atom stereocenters. The first kappa shape index (κ1) is 14.0. The van der Waals surface area contributed by atoms with Gasteiger partial charge in [0.25, 0.3) is 5.91 Å². The Morgan fingerprint density at radius 1 is 1.30 bits per heavy atom. The summed E-state index contributed by atoms with van der Waals surface area (Å²) in [6, 6.07) is 7.17. The molecule has 0 radical (unpaired) electrons. The van der Waals surface area contributed by atoms with E-state index in [1.54, 1.807) is 17.5 Å². The van der Waals surface area contributed by atoms with Gasteiger partial charge in [-0.05, 0) is 47.7 Å². The molecule has 2 aromatic rings. The lowest BCUT2D eigenvalue weighted by Crippen LogP contribution is -2.10. The molecular formula is C15H13NO3S. The third-order valence-electron chi connectivity index (χ3n) is 2.56. The largest absolute Gasteiger partial charge is 0.478 e. The third-order valence-corrected chi connectivity index (χ3v) is 3.24. The van der Waals surface area contributed by atoms with E-state index in [9.17, 15) is 9.59 Å². The second-order valence-corrected chi connectivity index (χ2v) is 5.05. The number of hydrogen-bond donors (Lipinski definition) is 2. The van der Waals surface area contributed by atoms with E-state index in [2.05, 4.69) is 5.32 Å². The summed E-state index contributed by atoms with van der Waals surface area (Å²) in [5.74, 6) is -1.18. The van der Waals surface area contributed by atoms with Crippen LogP contribution in [0.25, 0.3) is 6.08 Å². The predicted octanol–water partition coefficient (Wildman–Crippen LogP) is 3.41. The van der Waals surface area contributed by atoms with Crippen LogP contribution in [0.3, 0.4) is 0 Å². The number of nitrogens with one attached hydrogen (secondary N) is 1. The molecule has 1 aromatic heterocycles. The monoisotopic (exact) mass is 287 g/mol. The normalized spacial score (nSPS) is 10.7. The van der Waals surface area contributed by atoms with Crippen LogP contribution in [0.4, 0.5) is 5.69 Å². The van der Waals surface area contributed by atoms with E-state index in [4.69, 9.17) is 5.11 Å². The highest BCUT2D eigenvalue weighted by atomic mass is 32.1. The Morgan fingerprint density at radius 3 is 2.75 bits per heavy atom. The van der Waals surface area contributed by atoms with E-state index in [0.717, 1.165) is 17.2 Å². The van der Waals surface area contributed by atoms with Crippen molar-refractivity contribution in [3.05, 3.63) is 57.8 Å². The zero-order valence-electron chi connectivity index (χ0n) is 10.8. The number of thiophene rings is 1. The van der Waals surface area contributed by atoms with Crippen molar-refractivity contribution in [2.24, 2.45) is 0 Å². The molecule has 1 heterocycles. The average molecular weight is 287 g/mol. The van der Waals surface area contributed by atoms with Gasteiger partial charge < -0.3 is 10.4 Å². The average Bonchev–Trinajstić information content (AvgIpc) is 2.89. The molecule has 102 valence electrons. The molecule has 0 aliphatic heterocycles. The van der Waals surface area contributed by atoms with E-state index < -0.39 is 5.97 Å². The van der Waals surface area contributed by atoms with E-state index >= 15 is 0 Å². The number of carbonyl (C=O) groups excluding carboxylic acids is 1. The molecule has 0 bridgehead atoms. The molecule has 0 saturated carbocycles. The quantitative estimate of drug-likeness (QED) is 0.847. The van der Waals surface area contributed by atoms with Gasteiger partial charge in [-0.25, -0.2) is 4.79 Å².